The molecular weight excluding hydrogens is 292 g/mol. The monoisotopic (exact) mass is 308 g/mol. The fourth-order valence-corrected chi connectivity index (χ4v) is 3.09. The zero-order valence-electron chi connectivity index (χ0n) is 11.5. The topological polar surface area (TPSA) is 29.5 Å². The van der Waals surface area contributed by atoms with E-state index in [0.717, 1.165) is 21.8 Å². The van der Waals surface area contributed by atoms with Gasteiger partial charge in [0.1, 0.15) is 5.75 Å². The molecule has 2 aromatic rings. The van der Waals surface area contributed by atoms with E-state index in [-0.39, 0.29) is 0 Å². The van der Waals surface area contributed by atoms with Gasteiger partial charge in [0.2, 0.25) is 0 Å². The SMILES string of the molecule is COc1cc(C)ccc1C(O)CSc1cccc(Cl)c1. The first-order chi connectivity index (χ1) is 9.60. The van der Waals surface area contributed by atoms with Crippen LogP contribution in [0.5, 0.6) is 5.75 Å². The highest BCUT2D eigenvalue weighted by molar-refractivity contribution is 7.99. The number of aliphatic hydroxyl groups excluding tert-OH is 1. The summed E-state index contributed by atoms with van der Waals surface area (Å²) in [6.45, 7) is 2.00. The van der Waals surface area contributed by atoms with Gasteiger partial charge in [0.05, 0.1) is 13.2 Å². The fourth-order valence-electron chi connectivity index (χ4n) is 1.92. The molecule has 0 heterocycles. The summed E-state index contributed by atoms with van der Waals surface area (Å²) in [5, 5.41) is 11.0. The zero-order valence-corrected chi connectivity index (χ0v) is 13.0. The Balaban J connectivity index is 2.07. The van der Waals surface area contributed by atoms with Crippen LogP contribution in [0.25, 0.3) is 0 Å². The Kier molecular flexibility index (Phi) is 5.35. The largest absolute Gasteiger partial charge is 0.496 e. The van der Waals surface area contributed by atoms with Crippen LogP contribution >= 0.6 is 23.4 Å². The predicted octanol–water partition coefficient (Wildman–Crippen LogP) is 4.48. The molecule has 0 fully saturated rings. The van der Waals surface area contributed by atoms with Crippen LogP contribution in [0.15, 0.2) is 47.4 Å². The molecule has 4 heteroatoms. The van der Waals surface area contributed by atoms with Crippen molar-refractivity contribution in [3.8, 4) is 5.75 Å². The minimum atomic E-state index is -0.575. The molecule has 1 atom stereocenters. The van der Waals surface area contributed by atoms with Gasteiger partial charge in [0.15, 0.2) is 0 Å². The highest BCUT2D eigenvalue weighted by Gasteiger charge is 2.13. The predicted molar refractivity (Wildman–Crippen MR) is 84.9 cm³/mol. The van der Waals surface area contributed by atoms with Crippen molar-refractivity contribution < 1.29 is 9.84 Å². The summed E-state index contributed by atoms with van der Waals surface area (Å²) in [6.07, 6.45) is -0.575. The van der Waals surface area contributed by atoms with Crippen LogP contribution in [0.1, 0.15) is 17.2 Å². The van der Waals surface area contributed by atoms with Crippen molar-refractivity contribution in [2.45, 2.75) is 17.9 Å². The third-order valence-corrected chi connectivity index (χ3v) is 4.26. The molecule has 0 aromatic heterocycles. The van der Waals surface area contributed by atoms with E-state index in [2.05, 4.69) is 0 Å². The van der Waals surface area contributed by atoms with Crippen LogP contribution in [0.2, 0.25) is 5.02 Å². The molecule has 0 aliphatic carbocycles. The van der Waals surface area contributed by atoms with E-state index in [4.69, 9.17) is 16.3 Å². The third kappa shape index (κ3) is 3.92. The van der Waals surface area contributed by atoms with Gasteiger partial charge in [-0.25, -0.2) is 0 Å². The summed E-state index contributed by atoms with van der Waals surface area (Å²) in [7, 11) is 1.62. The lowest BCUT2D eigenvalue weighted by Crippen LogP contribution is -2.03. The summed E-state index contributed by atoms with van der Waals surface area (Å²) < 4.78 is 5.33. The maximum atomic E-state index is 10.3. The Labute approximate surface area is 128 Å². The first-order valence-corrected chi connectivity index (χ1v) is 7.67. The number of hydrogen-bond acceptors (Lipinski definition) is 3. The van der Waals surface area contributed by atoms with Gasteiger partial charge in [0, 0.05) is 21.2 Å². The molecule has 0 radical (unpaired) electrons. The van der Waals surface area contributed by atoms with E-state index in [1.165, 1.54) is 0 Å². The number of aryl methyl sites for hydroxylation is 1. The van der Waals surface area contributed by atoms with Gasteiger partial charge in [-0.15, -0.1) is 11.8 Å². The van der Waals surface area contributed by atoms with Crippen molar-refractivity contribution in [2.24, 2.45) is 0 Å². The van der Waals surface area contributed by atoms with Gasteiger partial charge in [-0.1, -0.05) is 29.8 Å². The number of ether oxygens (including phenoxy) is 1. The molecule has 2 aromatic carbocycles. The Morgan fingerprint density at radius 3 is 2.75 bits per heavy atom. The van der Waals surface area contributed by atoms with Gasteiger partial charge >= 0.3 is 0 Å². The second-order valence-electron chi connectivity index (χ2n) is 4.53. The number of methoxy groups -OCH3 is 1. The zero-order chi connectivity index (χ0) is 14.5. The van der Waals surface area contributed by atoms with Crippen LogP contribution < -0.4 is 4.74 Å². The molecule has 0 saturated heterocycles. The van der Waals surface area contributed by atoms with Crippen LogP contribution in [0.4, 0.5) is 0 Å². The van der Waals surface area contributed by atoms with Crippen molar-refractivity contribution in [2.75, 3.05) is 12.9 Å². The number of aliphatic hydroxyl groups is 1. The summed E-state index contributed by atoms with van der Waals surface area (Å²) in [6, 6.07) is 13.4. The van der Waals surface area contributed by atoms with Crippen LogP contribution in [0.3, 0.4) is 0 Å². The lowest BCUT2D eigenvalue weighted by molar-refractivity contribution is 0.199. The Hall–Kier alpha value is -1.16. The average molecular weight is 309 g/mol. The first-order valence-electron chi connectivity index (χ1n) is 6.31. The molecule has 2 nitrogen and oxygen atoms in total. The molecule has 1 N–H and O–H groups in total. The summed E-state index contributed by atoms with van der Waals surface area (Å²) in [5.74, 6) is 1.28. The first kappa shape index (κ1) is 15.2. The molecule has 0 aliphatic heterocycles. The van der Waals surface area contributed by atoms with Crippen LogP contribution in [-0.2, 0) is 0 Å². The molecule has 0 bridgehead atoms. The summed E-state index contributed by atoms with van der Waals surface area (Å²) in [4.78, 5) is 1.04. The summed E-state index contributed by atoms with van der Waals surface area (Å²) >= 11 is 7.52. The molecule has 0 amide bonds. The normalized spacial score (nSPS) is 12.2. The van der Waals surface area contributed by atoms with Crippen molar-refractivity contribution in [3.63, 3.8) is 0 Å². The quantitative estimate of drug-likeness (QED) is 0.826. The van der Waals surface area contributed by atoms with Gasteiger partial charge in [-0.05, 0) is 36.8 Å². The molecule has 1 unspecified atom stereocenters. The van der Waals surface area contributed by atoms with Crippen molar-refractivity contribution in [3.05, 3.63) is 58.6 Å². The number of thioether (sulfide) groups is 1. The average Bonchev–Trinajstić information content (AvgIpc) is 2.44. The van der Waals surface area contributed by atoms with E-state index >= 15 is 0 Å². The molecule has 2 rings (SSSR count). The van der Waals surface area contributed by atoms with E-state index in [1.807, 2.05) is 49.4 Å². The smallest absolute Gasteiger partial charge is 0.124 e. The third-order valence-electron chi connectivity index (χ3n) is 2.95. The van der Waals surface area contributed by atoms with Gasteiger partial charge in [-0.3, -0.25) is 0 Å². The van der Waals surface area contributed by atoms with Gasteiger partial charge < -0.3 is 9.84 Å². The lowest BCUT2D eigenvalue weighted by Gasteiger charge is -2.15. The second kappa shape index (κ2) is 7.02. The second-order valence-corrected chi connectivity index (χ2v) is 6.06. The molecule has 106 valence electrons. The lowest BCUT2D eigenvalue weighted by atomic mass is 10.1. The number of halogens is 1. The Morgan fingerprint density at radius 1 is 1.25 bits per heavy atom. The fraction of sp³-hybridized carbons (Fsp3) is 0.250. The minimum Gasteiger partial charge on any atom is -0.496 e. The number of rotatable bonds is 5. The summed E-state index contributed by atoms with van der Waals surface area (Å²) in [5.41, 5.74) is 1.92. The van der Waals surface area contributed by atoms with Crippen molar-refractivity contribution in [1.82, 2.24) is 0 Å². The molecular formula is C16H17ClO2S. The highest BCUT2D eigenvalue weighted by Crippen LogP contribution is 2.31. The van der Waals surface area contributed by atoms with E-state index in [0.29, 0.717) is 10.8 Å². The van der Waals surface area contributed by atoms with E-state index in [1.54, 1.807) is 18.9 Å². The Morgan fingerprint density at radius 2 is 2.05 bits per heavy atom. The van der Waals surface area contributed by atoms with Crippen molar-refractivity contribution >= 4 is 23.4 Å². The minimum absolute atomic E-state index is 0.555. The van der Waals surface area contributed by atoms with Crippen molar-refractivity contribution in [1.29, 1.82) is 0 Å². The Bertz CT molecular complexity index is 586. The molecule has 20 heavy (non-hydrogen) atoms. The van der Waals surface area contributed by atoms with Crippen LogP contribution in [-0.4, -0.2) is 18.0 Å². The van der Waals surface area contributed by atoms with Crippen LogP contribution in [0, 0.1) is 6.92 Å². The highest BCUT2D eigenvalue weighted by atomic mass is 35.5. The van der Waals surface area contributed by atoms with Gasteiger partial charge in [0.25, 0.3) is 0 Å². The molecule has 0 aliphatic rings. The molecule has 0 saturated carbocycles. The van der Waals surface area contributed by atoms with E-state index in [9.17, 15) is 5.11 Å². The maximum absolute atomic E-state index is 10.3. The number of benzene rings is 2. The molecule has 0 spiro atoms. The standard InChI is InChI=1S/C16H17ClO2S/c1-11-6-7-14(16(8-11)19-2)15(18)10-20-13-5-3-4-12(17)9-13/h3-9,15,18H,10H2,1-2H3. The van der Waals surface area contributed by atoms with Gasteiger partial charge in [-0.2, -0.15) is 0 Å². The van der Waals surface area contributed by atoms with E-state index < -0.39 is 6.10 Å². The maximum Gasteiger partial charge on any atom is 0.124 e. The number of hydrogen-bond donors (Lipinski definition) is 1.